The number of aliphatic hydroxyl groups is 1. The minimum absolute atomic E-state index is 0.153. The Morgan fingerprint density at radius 3 is 1.94 bits per heavy atom. The van der Waals surface area contributed by atoms with Crippen LogP contribution in [-0.4, -0.2) is 17.0 Å². The summed E-state index contributed by atoms with van der Waals surface area (Å²) in [4.78, 5) is 12.0. The molecule has 0 amide bonds. The molecule has 2 heterocycles. The summed E-state index contributed by atoms with van der Waals surface area (Å²) in [6, 6.07) is 35.0. The number of ether oxygens (including phenoxy) is 2. The molecule has 0 aliphatic carbocycles. The fraction of sp³-hybridized carbons (Fsp3) is 0.167. The Morgan fingerprint density at radius 2 is 1.21 bits per heavy atom. The molecule has 3 unspecified atom stereocenters. The van der Waals surface area contributed by atoms with E-state index >= 15 is 0 Å². The van der Waals surface area contributed by atoms with Crippen molar-refractivity contribution in [2.45, 2.75) is 31.2 Å². The monoisotopic (exact) mass is 450 g/mol. The zero-order valence-electron chi connectivity index (χ0n) is 18.7. The van der Waals surface area contributed by atoms with Gasteiger partial charge in [0.25, 0.3) is 0 Å². The number of Topliss-reactive ketones (excluding diaryl/α,β-unsaturated/α-hetero) is 1. The topological polar surface area (TPSA) is 55.8 Å². The number of aliphatic hydroxyl groups excluding tert-OH is 1. The second-order valence-corrected chi connectivity index (χ2v) is 8.47. The van der Waals surface area contributed by atoms with Gasteiger partial charge in [-0.2, -0.15) is 0 Å². The van der Waals surface area contributed by atoms with Crippen LogP contribution < -0.4 is 9.47 Å². The summed E-state index contributed by atoms with van der Waals surface area (Å²) in [7, 11) is 0. The van der Waals surface area contributed by atoms with E-state index in [-0.39, 0.29) is 18.0 Å². The first kappa shape index (κ1) is 21.9. The third kappa shape index (κ3) is 4.73. The van der Waals surface area contributed by atoms with E-state index in [0.717, 1.165) is 22.4 Å². The molecule has 0 radical (unpaired) electrons. The van der Waals surface area contributed by atoms with Crippen molar-refractivity contribution in [3.05, 3.63) is 131 Å². The van der Waals surface area contributed by atoms with E-state index in [1.54, 1.807) is 0 Å². The highest BCUT2D eigenvalue weighted by Gasteiger charge is 2.29. The van der Waals surface area contributed by atoms with Gasteiger partial charge in [0.15, 0.2) is 5.78 Å². The van der Waals surface area contributed by atoms with Crippen LogP contribution in [0.1, 0.15) is 45.7 Å². The van der Waals surface area contributed by atoms with Crippen molar-refractivity contribution in [2.24, 2.45) is 0 Å². The predicted octanol–water partition coefficient (Wildman–Crippen LogP) is 6.12. The molecule has 6 rings (SSSR count). The molecule has 34 heavy (non-hydrogen) atoms. The Labute approximate surface area is 199 Å². The normalized spacial score (nSPS) is 20.5. The van der Waals surface area contributed by atoms with Crippen molar-refractivity contribution in [2.75, 3.05) is 0 Å². The maximum atomic E-state index is 12.0. The van der Waals surface area contributed by atoms with Gasteiger partial charge < -0.3 is 14.6 Å². The molecule has 0 spiro atoms. The number of benzene rings is 4. The van der Waals surface area contributed by atoms with Crippen molar-refractivity contribution < 1.29 is 19.4 Å². The van der Waals surface area contributed by atoms with Crippen molar-refractivity contribution >= 4 is 5.78 Å². The van der Waals surface area contributed by atoms with E-state index in [9.17, 15) is 9.90 Å². The maximum absolute atomic E-state index is 12.0. The largest absolute Gasteiger partial charge is 0.484 e. The van der Waals surface area contributed by atoms with Gasteiger partial charge in [0.05, 0.1) is 18.1 Å². The van der Waals surface area contributed by atoms with Crippen LogP contribution in [0.4, 0.5) is 0 Å². The number of para-hydroxylation sites is 2. The van der Waals surface area contributed by atoms with E-state index in [1.165, 1.54) is 0 Å². The molecule has 1 N–H and O–H groups in total. The zero-order valence-corrected chi connectivity index (χ0v) is 18.7. The van der Waals surface area contributed by atoms with E-state index < -0.39 is 6.10 Å². The van der Waals surface area contributed by atoms with Crippen LogP contribution >= 0.6 is 0 Å². The molecule has 3 atom stereocenters. The molecule has 4 aromatic carbocycles. The first-order valence-corrected chi connectivity index (χ1v) is 11.5. The predicted molar refractivity (Wildman–Crippen MR) is 131 cm³/mol. The van der Waals surface area contributed by atoms with Crippen molar-refractivity contribution in [1.82, 2.24) is 0 Å². The minimum atomic E-state index is -0.479. The van der Waals surface area contributed by atoms with Crippen LogP contribution in [0, 0.1) is 0 Å². The summed E-state index contributed by atoms with van der Waals surface area (Å²) in [5.41, 5.74) is 3.84. The first-order chi connectivity index (χ1) is 16.7. The Bertz CT molecular complexity index is 1250. The third-order valence-electron chi connectivity index (χ3n) is 6.13. The highest BCUT2D eigenvalue weighted by Crippen LogP contribution is 2.35. The van der Waals surface area contributed by atoms with Crippen LogP contribution in [0.3, 0.4) is 0 Å². The van der Waals surface area contributed by atoms with Crippen LogP contribution in [0.2, 0.25) is 0 Å². The fourth-order valence-corrected chi connectivity index (χ4v) is 4.39. The third-order valence-corrected chi connectivity index (χ3v) is 6.13. The molecule has 0 saturated carbocycles. The summed E-state index contributed by atoms with van der Waals surface area (Å²) < 4.78 is 11.7. The SMILES string of the molecule is O=C1CC(c2ccccc2)Oc2ccccc21.OC1Cc2ccccc2OC1c1ccccc1. The van der Waals surface area contributed by atoms with Gasteiger partial charge in [-0.3, -0.25) is 4.79 Å². The average molecular weight is 451 g/mol. The van der Waals surface area contributed by atoms with Gasteiger partial charge in [0.1, 0.15) is 23.7 Å². The summed E-state index contributed by atoms with van der Waals surface area (Å²) in [5, 5.41) is 10.1. The van der Waals surface area contributed by atoms with Gasteiger partial charge in [-0.1, -0.05) is 91.0 Å². The molecule has 0 fully saturated rings. The summed E-state index contributed by atoms with van der Waals surface area (Å²) in [5.74, 6) is 1.73. The van der Waals surface area contributed by atoms with Crippen molar-refractivity contribution in [3.63, 3.8) is 0 Å². The Kier molecular flexibility index (Phi) is 6.41. The number of hydrogen-bond acceptors (Lipinski definition) is 4. The summed E-state index contributed by atoms with van der Waals surface area (Å²) in [6.45, 7) is 0. The van der Waals surface area contributed by atoms with Crippen LogP contribution in [0.5, 0.6) is 11.5 Å². The highest BCUT2D eigenvalue weighted by atomic mass is 16.5. The van der Waals surface area contributed by atoms with Crippen LogP contribution in [-0.2, 0) is 6.42 Å². The number of carbonyl (C=O) groups is 1. The highest BCUT2D eigenvalue weighted by molar-refractivity contribution is 5.99. The quantitative estimate of drug-likeness (QED) is 0.400. The Balaban J connectivity index is 0.000000142. The lowest BCUT2D eigenvalue weighted by Crippen LogP contribution is -2.30. The average Bonchev–Trinajstić information content (AvgIpc) is 2.90. The van der Waals surface area contributed by atoms with Crippen molar-refractivity contribution in [1.29, 1.82) is 0 Å². The minimum Gasteiger partial charge on any atom is -0.484 e. The summed E-state index contributed by atoms with van der Waals surface area (Å²) in [6.07, 6.45) is 0.175. The zero-order chi connectivity index (χ0) is 23.3. The molecular weight excluding hydrogens is 424 g/mol. The number of carbonyl (C=O) groups excluding carboxylic acids is 1. The molecule has 4 aromatic rings. The van der Waals surface area contributed by atoms with Gasteiger partial charge in [0, 0.05) is 6.42 Å². The van der Waals surface area contributed by atoms with E-state index in [4.69, 9.17) is 9.47 Å². The summed E-state index contributed by atoms with van der Waals surface area (Å²) >= 11 is 0. The standard InChI is InChI=1S/C15H12O2.C15H14O2/c16-13-10-15(11-6-2-1-3-7-11)17-14-9-5-4-8-12(13)14;16-13-10-12-8-4-5-9-14(12)17-15(13)11-6-2-1-3-7-11/h1-9,15H,10H2;1-9,13,15-16H,10H2. The van der Waals surface area contributed by atoms with Gasteiger partial charge in [-0.15, -0.1) is 0 Å². The molecule has 0 saturated heterocycles. The number of rotatable bonds is 2. The Morgan fingerprint density at radius 1 is 0.618 bits per heavy atom. The molecule has 4 nitrogen and oxygen atoms in total. The fourth-order valence-electron chi connectivity index (χ4n) is 4.39. The Hall–Kier alpha value is -3.89. The van der Waals surface area contributed by atoms with Crippen LogP contribution in [0.25, 0.3) is 0 Å². The van der Waals surface area contributed by atoms with Gasteiger partial charge in [-0.25, -0.2) is 0 Å². The molecule has 2 aliphatic heterocycles. The molecular formula is C30H26O4. The smallest absolute Gasteiger partial charge is 0.170 e. The number of ketones is 1. The van der Waals surface area contributed by atoms with E-state index in [0.29, 0.717) is 24.2 Å². The van der Waals surface area contributed by atoms with Gasteiger partial charge in [-0.05, 0) is 34.9 Å². The lowest BCUT2D eigenvalue weighted by molar-refractivity contribution is 0.0208. The number of hydrogen-bond donors (Lipinski definition) is 1. The maximum Gasteiger partial charge on any atom is 0.170 e. The van der Waals surface area contributed by atoms with E-state index in [2.05, 4.69) is 0 Å². The van der Waals surface area contributed by atoms with Gasteiger partial charge in [0.2, 0.25) is 0 Å². The second-order valence-electron chi connectivity index (χ2n) is 8.47. The molecule has 4 heteroatoms. The van der Waals surface area contributed by atoms with E-state index in [1.807, 2.05) is 109 Å². The van der Waals surface area contributed by atoms with Crippen LogP contribution in [0.15, 0.2) is 109 Å². The first-order valence-electron chi connectivity index (χ1n) is 11.5. The molecule has 0 bridgehead atoms. The second kappa shape index (κ2) is 9.94. The molecule has 2 aliphatic rings. The van der Waals surface area contributed by atoms with Gasteiger partial charge >= 0.3 is 0 Å². The molecule has 170 valence electrons. The molecule has 0 aromatic heterocycles. The lowest BCUT2D eigenvalue weighted by Gasteiger charge is -2.30. The van der Waals surface area contributed by atoms with Crippen molar-refractivity contribution in [3.8, 4) is 11.5 Å². The lowest BCUT2D eigenvalue weighted by atomic mass is 9.95. The number of fused-ring (bicyclic) bond motifs is 2.